The average molecular weight is 263 g/mol. The highest BCUT2D eigenvalue weighted by Gasteiger charge is 2.20. The highest BCUT2D eigenvalue weighted by Crippen LogP contribution is 2.29. The first-order valence-corrected chi connectivity index (χ1v) is 6.60. The van der Waals surface area contributed by atoms with Crippen LogP contribution in [-0.4, -0.2) is 25.1 Å². The van der Waals surface area contributed by atoms with Crippen molar-refractivity contribution >= 4 is 11.6 Å². The minimum atomic E-state index is -0.439. The smallest absolute Gasteiger partial charge is 0.248 e. The standard InChI is InChI=1S/C14H21N3O2/c1-19-13-6-5-9(14(16)18)7-12(13)17-11-4-2-3-10(15)8-11/h5-7,10-11,17H,2-4,8,15H2,1H3,(H2,16,18). The molecular weight excluding hydrogens is 242 g/mol. The average Bonchev–Trinajstić information content (AvgIpc) is 2.38. The zero-order chi connectivity index (χ0) is 13.8. The van der Waals surface area contributed by atoms with Crippen LogP contribution in [0.25, 0.3) is 0 Å². The summed E-state index contributed by atoms with van der Waals surface area (Å²) in [6.07, 6.45) is 4.22. The first-order valence-electron chi connectivity index (χ1n) is 6.60. The van der Waals surface area contributed by atoms with Gasteiger partial charge in [0, 0.05) is 17.6 Å². The molecular formula is C14H21N3O2. The van der Waals surface area contributed by atoms with Crippen molar-refractivity contribution in [2.24, 2.45) is 11.5 Å². The summed E-state index contributed by atoms with van der Waals surface area (Å²) < 4.78 is 5.30. The Balaban J connectivity index is 2.17. The summed E-state index contributed by atoms with van der Waals surface area (Å²) >= 11 is 0. The van der Waals surface area contributed by atoms with E-state index in [0.29, 0.717) is 17.4 Å². The van der Waals surface area contributed by atoms with E-state index >= 15 is 0 Å². The van der Waals surface area contributed by atoms with Crippen LogP contribution >= 0.6 is 0 Å². The predicted molar refractivity (Wildman–Crippen MR) is 75.4 cm³/mol. The van der Waals surface area contributed by atoms with Gasteiger partial charge >= 0.3 is 0 Å². The van der Waals surface area contributed by atoms with Gasteiger partial charge in [0.15, 0.2) is 0 Å². The number of hydrogen-bond acceptors (Lipinski definition) is 4. The van der Waals surface area contributed by atoms with Crippen LogP contribution in [0.15, 0.2) is 18.2 Å². The zero-order valence-electron chi connectivity index (χ0n) is 11.2. The Hall–Kier alpha value is -1.75. The summed E-state index contributed by atoms with van der Waals surface area (Å²) in [6, 6.07) is 5.73. The van der Waals surface area contributed by atoms with Crippen molar-refractivity contribution in [2.45, 2.75) is 37.8 Å². The Morgan fingerprint density at radius 3 is 2.84 bits per heavy atom. The van der Waals surface area contributed by atoms with E-state index in [4.69, 9.17) is 16.2 Å². The van der Waals surface area contributed by atoms with Crippen LogP contribution in [0.1, 0.15) is 36.0 Å². The lowest BCUT2D eigenvalue weighted by Gasteiger charge is -2.28. The maximum Gasteiger partial charge on any atom is 0.248 e. The van der Waals surface area contributed by atoms with Gasteiger partial charge in [-0.05, 0) is 43.9 Å². The zero-order valence-corrected chi connectivity index (χ0v) is 11.2. The van der Waals surface area contributed by atoms with Gasteiger partial charge in [-0.25, -0.2) is 0 Å². The molecule has 1 fully saturated rings. The van der Waals surface area contributed by atoms with E-state index in [2.05, 4.69) is 5.32 Å². The van der Waals surface area contributed by atoms with Crippen molar-refractivity contribution in [3.63, 3.8) is 0 Å². The number of ether oxygens (including phenoxy) is 1. The Kier molecular flexibility index (Phi) is 4.27. The van der Waals surface area contributed by atoms with Crippen LogP contribution in [0.2, 0.25) is 0 Å². The fourth-order valence-corrected chi connectivity index (χ4v) is 2.55. The second-order valence-corrected chi connectivity index (χ2v) is 5.05. The van der Waals surface area contributed by atoms with Crippen molar-refractivity contribution < 1.29 is 9.53 Å². The molecule has 1 aliphatic rings. The summed E-state index contributed by atoms with van der Waals surface area (Å²) in [6.45, 7) is 0. The van der Waals surface area contributed by atoms with Crippen LogP contribution in [0.3, 0.4) is 0 Å². The molecule has 1 aromatic carbocycles. The number of amides is 1. The van der Waals surface area contributed by atoms with Gasteiger partial charge in [-0.1, -0.05) is 0 Å². The molecule has 0 radical (unpaired) electrons. The normalized spacial score (nSPS) is 22.8. The van der Waals surface area contributed by atoms with Gasteiger partial charge in [-0.3, -0.25) is 4.79 Å². The van der Waals surface area contributed by atoms with Crippen LogP contribution in [0.4, 0.5) is 5.69 Å². The molecule has 2 rings (SSSR count). The lowest BCUT2D eigenvalue weighted by molar-refractivity contribution is 0.100. The second-order valence-electron chi connectivity index (χ2n) is 5.05. The number of methoxy groups -OCH3 is 1. The molecule has 1 amide bonds. The van der Waals surface area contributed by atoms with E-state index in [9.17, 15) is 4.79 Å². The SMILES string of the molecule is COc1ccc(C(N)=O)cc1NC1CCCC(N)C1. The molecule has 0 saturated heterocycles. The third-order valence-electron chi connectivity index (χ3n) is 3.56. The third-order valence-corrected chi connectivity index (χ3v) is 3.56. The van der Waals surface area contributed by atoms with E-state index in [1.54, 1.807) is 25.3 Å². The van der Waals surface area contributed by atoms with Crippen molar-refractivity contribution in [1.82, 2.24) is 0 Å². The predicted octanol–water partition coefficient (Wildman–Crippen LogP) is 1.48. The topological polar surface area (TPSA) is 90.4 Å². The van der Waals surface area contributed by atoms with Gasteiger partial charge in [0.2, 0.25) is 5.91 Å². The van der Waals surface area contributed by atoms with Crippen LogP contribution < -0.4 is 21.5 Å². The maximum atomic E-state index is 11.2. The van der Waals surface area contributed by atoms with Gasteiger partial charge in [-0.2, -0.15) is 0 Å². The lowest BCUT2D eigenvalue weighted by atomic mass is 9.91. The number of carbonyl (C=O) groups is 1. The minimum absolute atomic E-state index is 0.247. The van der Waals surface area contributed by atoms with Crippen molar-refractivity contribution in [3.8, 4) is 5.75 Å². The van der Waals surface area contributed by atoms with Crippen molar-refractivity contribution in [2.75, 3.05) is 12.4 Å². The van der Waals surface area contributed by atoms with Crippen LogP contribution in [0, 0.1) is 0 Å². The number of hydrogen-bond donors (Lipinski definition) is 3. The molecule has 0 bridgehead atoms. The fraction of sp³-hybridized carbons (Fsp3) is 0.500. The molecule has 1 saturated carbocycles. The number of anilines is 1. The largest absolute Gasteiger partial charge is 0.495 e. The van der Waals surface area contributed by atoms with Gasteiger partial charge in [0.05, 0.1) is 12.8 Å². The van der Waals surface area contributed by atoms with Crippen LogP contribution in [-0.2, 0) is 0 Å². The number of primary amides is 1. The Bertz CT molecular complexity index is 462. The molecule has 104 valence electrons. The lowest BCUT2D eigenvalue weighted by Crippen LogP contribution is -2.35. The summed E-state index contributed by atoms with van der Waals surface area (Å²) in [5.41, 5.74) is 12.6. The minimum Gasteiger partial charge on any atom is -0.495 e. The molecule has 0 aromatic heterocycles. The molecule has 5 heteroatoms. The summed E-state index contributed by atoms with van der Waals surface area (Å²) in [7, 11) is 1.61. The summed E-state index contributed by atoms with van der Waals surface area (Å²) in [4.78, 5) is 11.2. The van der Waals surface area contributed by atoms with Gasteiger partial charge in [0.25, 0.3) is 0 Å². The Morgan fingerprint density at radius 2 is 2.21 bits per heavy atom. The highest BCUT2D eigenvalue weighted by molar-refractivity contribution is 5.94. The molecule has 5 N–H and O–H groups in total. The molecule has 0 spiro atoms. The van der Waals surface area contributed by atoms with E-state index in [1.807, 2.05) is 0 Å². The molecule has 0 heterocycles. The fourth-order valence-electron chi connectivity index (χ4n) is 2.55. The maximum absolute atomic E-state index is 11.2. The molecule has 5 nitrogen and oxygen atoms in total. The van der Waals surface area contributed by atoms with Crippen molar-refractivity contribution in [3.05, 3.63) is 23.8 Å². The molecule has 0 aliphatic heterocycles. The Morgan fingerprint density at radius 1 is 1.42 bits per heavy atom. The molecule has 2 atom stereocenters. The van der Waals surface area contributed by atoms with Gasteiger partial charge in [-0.15, -0.1) is 0 Å². The third kappa shape index (κ3) is 3.38. The second kappa shape index (κ2) is 5.93. The molecule has 19 heavy (non-hydrogen) atoms. The molecule has 1 aromatic rings. The molecule has 2 unspecified atom stereocenters. The first-order chi connectivity index (χ1) is 9.10. The van der Waals surface area contributed by atoms with E-state index in [1.165, 1.54) is 0 Å². The van der Waals surface area contributed by atoms with Crippen LogP contribution in [0.5, 0.6) is 5.75 Å². The number of rotatable bonds is 4. The summed E-state index contributed by atoms with van der Waals surface area (Å²) in [5.74, 6) is 0.273. The quantitative estimate of drug-likeness (QED) is 0.767. The highest BCUT2D eigenvalue weighted by atomic mass is 16.5. The number of carbonyl (C=O) groups excluding carboxylic acids is 1. The van der Waals surface area contributed by atoms with Crippen molar-refractivity contribution in [1.29, 1.82) is 0 Å². The van der Waals surface area contributed by atoms with E-state index < -0.39 is 5.91 Å². The number of nitrogens with two attached hydrogens (primary N) is 2. The van der Waals surface area contributed by atoms with E-state index in [0.717, 1.165) is 31.4 Å². The Labute approximate surface area is 113 Å². The van der Waals surface area contributed by atoms with E-state index in [-0.39, 0.29) is 6.04 Å². The number of nitrogens with one attached hydrogen (secondary N) is 1. The van der Waals surface area contributed by atoms with Gasteiger partial charge in [0.1, 0.15) is 5.75 Å². The molecule has 1 aliphatic carbocycles. The van der Waals surface area contributed by atoms with Gasteiger partial charge < -0.3 is 21.5 Å². The monoisotopic (exact) mass is 263 g/mol. The summed E-state index contributed by atoms with van der Waals surface area (Å²) in [5, 5.41) is 3.41. The number of benzene rings is 1. The first kappa shape index (κ1) is 13.7.